The third-order valence-corrected chi connectivity index (χ3v) is 3.61. The van der Waals surface area contributed by atoms with Gasteiger partial charge in [0.05, 0.1) is 12.7 Å². The number of nitrogens with one attached hydrogen (secondary N) is 1. The summed E-state index contributed by atoms with van der Waals surface area (Å²) in [5, 5.41) is 3.67. The Morgan fingerprint density at radius 2 is 2.16 bits per heavy atom. The zero-order valence-corrected chi connectivity index (χ0v) is 12.1. The van der Waals surface area contributed by atoms with Gasteiger partial charge in [0.1, 0.15) is 0 Å². The summed E-state index contributed by atoms with van der Waals surface area (Å²) >= 11 is 0. The summed E-state index contributed by atoms with van der Waals surface area (Å²) in [7, 11) is 0. The van der Waals surface area contributed by atoms with E-state index in [9.17, 15) is 0 Å². The van der Waals surface area contributed by atoms with Gasteiger partial charge in [-0.15, -0.1) is 0 Å². The number of rotatable bonds is 6. The summed E-state index contributed by atoms with van der Waals surface area (Å²) in [5.41, 5.74) is 1.38. The van der Waals surface area contributed by atoms with Gasteiger partial charge in [-0.05, 0) is 25.5 Å². The molecule has 1 aromatic carbocycles. The summed E-state index contributed by atoms with van der Waals surface area (Å²) in [4.78, 5) is 2.51. The Balaban J connectivity index is 1.97. The zero-order chi connectivity index (χ0) is 13.5. The van der Waals surface area contributed by atoms with Crippen LogP contribution in [0.4, 0.5) is 0 Å². The van der Waals surface area contributed by atoms with E-state index in [0.29, 0.717) is 12.1 Å². The summed E-state index contributed by atoms with van der Waals surface area (Å²) in [6, 6.07) is 11.2. The number of morpholine rings is 1. The molecule has 2 unspecified atom stereocenters. The second-order valence-corrected chi connectivity index (χ2v) is 5.36. The molecule has 0 saturated carbocycles. The monoisotopic (exact) mass is 262 g/mol. The number of hydrogen-bond acceptors (Lipinski definition) is 3. The fraction of sp³-hybridized carbons (Fsp3) is 0.625. The highest BCUT2D eigenvalue weighted by atomic mass is 16.5. The predicted molar refractivity (Wildman–Crippen MR) is 79.3 cm³/mol. The van der Waals surface area contributed by atoms with Gasteiger partial charge in [-0.1, -0.05) is 37.3 Å². The number of nitrogens with zero attached hydrogens (tertiary/aromatic N) is 1. The van der Waals surface area contributed by atoms with Crippen molar-refractivity contribution in [3.05, 3.63) is 35.9 Å². The Hall–Kier alpha value is -0.900. The van der Waals surface area contributed by atoms with Crippen LogP contribution in [0, 0.1) is 0 Å². The van der Waals surface area contributed by atoms with Crippen molar-refractivity contribution in [2.24, 2.45) is 0 Å². The van der Waals surface area contributed by atoms with Crippen molar-refractivity contribution in [2.75, 3.05) is 32.8 Å². The third kappa shape index (κ3) is 4.60. The molecule has 0 radical (unpaired) electrons. The van der Waals surface area contributed by atoms with E-state index in [1.54, 1.807) is 0 Å². The quantitative estimate of drug-likeness (QED) is 0.852. The lowest BCUT2D eigenvalue weighted by molar-refractivity contribution is -0.0211. The van der Waals surface area contributed by atoms with E-state index in [1.807, 2.05) is 0 Å². The largest absolute Gasteiger partial charge is 0.376 e. The van der Waals surface area contributed by atoms with Gasteiger partial charge in [-0.2, -0.15) is 0 Å². The van der Waals surface area contributed by atoms with Crippen molar-refractivity contribution < 1.29 is 4.74 Å². The molecular formula is C16H26N2O. The molecule has 0 amide bonds. The van der Waals surface area contributed by atoms with Crippen LogP contribution in [0.5, 0.6) is 0 Å². The summed E-state index contributed by atoms with van der Waals surface area (Å²) in [6.07, 6.45) is 1.53. The predicted octanol–water partition coefficient (Wildman–Crippen LogP) is 2.45. The molecule has 1 aliphatic rings. The van der Waals surface area contributed by atoms with Gasteiger partial charge in [0.2, 0.25) is 0 Å². The number of hydrogen-bond donors (Lipinski definition) is 1. The molecule has 1 aliphatic heterocycles. The molecule has 106 valence electrons. The highest BCUT2D eigenvalue weighted by molar-refractivity contribution is 5.19. The minimum atomic E-state index is 0.358. The van der Waals surface area contributed by atoms with E-state index >= 15 is 0 Å². The van der Waals surface area contributed by atoms with Crippen LogP contribution in [0.3, 0.4) is 0 Å². The summed E-state index contributed by atoms with van der Waals surface area (Å²) < 4.78 is 5.61. The molecule has 0 aromatic heterocycles. The summed E-state index contributed by atoms with van der Waals surface area (Å²) in [5.74, 6) is 0. The Morgan fingerprint density at radius 1 is 1.37 bits per heavy atom. The average molecular weight is 262 g/mol. The molecule has 2 atom stereocenters. The Labute approximate surface area is 116 Å². The van der Waals surface area contributed by atoms with Crippen LogP contribution in [0.1, 0.15) is 31.9 Å². The standard InChI is InChI=1S/C16H26N2O/c1-3-9-17-16(15-7-5-4-6-8-15)13-18-10-11-19-14(2)12-18/h4-8,14,16-17H,3,9-13H2,1-2H3. The maximum absolute atomic E-state index is 5.61. The van der Waals surface area contributed by atoms with Gasteiger partial charge in [0.15, 0.2) is 0 Å². The van der Waals surface area contributed by atoms with Crippen LogP contribution in [-0.4, -0.2) is 43.8 Å². The van der Waals surface area contributed by atoms with E-state index in [1.165, 1.54) is 12.0 Å². The molecule has 3 nitrogen and oxygen atoms in total. The fourth-order valence-electron chi connectivity index (χ4n) is 2.61. The average Bonchev–Trinajstić information content (AvgIpc) is 2.44. The minimum Gasteiger partial charge on any atom is -0.376 e. The highest BCUT2D eigenvalue weighted by Gasteiger charge is 2.20. The van der Waals surface area contributed by atoms with Crippen molar-refractivity contribution in [3.63, 3.8) is 0 Å². The lowest BCUT2D eigenvalue weighted by Crippen LogP contribution is -2.45. The third-order valence-electron chi connectivity index (χ3n) is 3.61. The number of ether oxygens (including phenoxy) is 1. The first-order valence-corrected chi connectivity index (χ1v) is 7.42. The Bertz CT molecular complexity index is 355. The molecule has 0 bridgehead atoms. The maximum Gasteiger partial charge on any atom is 0.0674 e. The van der Waals surface area contributed by atoms with E-state index in [2.05, 4.69) is 54.4 Å². The van der Waals surface area contributed by atoms with Crippen LogP contribution in [0.15, 0.2) is 30.3 Å². The molecule has 19 heavy (non-hydrogen) atoms. The van der Waals surface area contributed by atoms with Crippen molar-refractivity contribution in [3.8, 4) is 0 Å². The summed E-state index contributed by atoms with van der Waals surface area (Å²) in [6.45, 7) is 9.45. The zero-order valence-electron chi connectivity index (χ0n) is 12.1. The second-order valence-electron chi connectivity index (χ2n) is 5.36. The topological polar surface area (TPSA) is 24.5 Å². The van der Waals surface area contributed by atoms with Gasteiger partial charge in [-0.3, -0.25) is 4.90 Å². The normalized spacial score (nSPS) is 22.3. The molecule has 1 saturated heterocycles. The second kappa shape index (κ2) is 7.63. The van der Waals surface area contributed by atoms with Gasteiger partial charge < -0.3 is 10.1 Å². The molecule has 1 aromatic rings. The van der Waals surface area contributed by atoms with Crippen molar-refractivity contribution >= 4 is 0 Å². The molecular weight excluding hydrogens is 236 g/mol. The number of benzene rings is 1. The Kier molecular flexibility index (Phi) is 5.83. The van der Waals surface area contributed by atoms with Crippen LogP contribution >= 0.6 is 0 Å². The van der Waals surface area contributed by atoms with Crippen molar-refractivity contribution in [1.29, 1.82) is 0 Å². The van der Waals surface area contributed by atoms with E-state index in [4.69, 9.17) is 4.74 Å². The van der Waals surface area contributed by atoms with Gasteiger partial charge in [-0.25, -0.2) is 0 Å². The van der Waals surface area contributed by atoms with Crippen molar-refractivity contribution in [2.45, 2.75) is 32.4 Å². The molecule has 0 aliphatic carbocycles. The van der Waals surface area contributed by atoms with Crippen LogP contribution in [-0.2, 0) is 4.74 Å². The molecule has 1 fully saturated rings. The van der Waals surface area contributed by atoms with Gasteiger partial charge in [0, 0.05) is 25.7 Å². The fourth-order valence-corrected chi connectivity index (χ4v) is 2.61. The smallest absolute Gasteiger partial charge is 0.0674 e. The van der Waals surface area contributed by atoms with Crippen molar-refractivity contribution in [1.82, 2.24) is 10.2 Å². The van der Waals surface area contributed by atoms with Gasteiger partial charge in [0.25, 0.3) is 0 Å². The minimum absolute atomic E-state index is 0.358. The molecule has 1 N–H and O–H groups in total. The van der Waals surface area contributed by atoms with E-state index in [0.717, 1.165) is 32.8 Å². The molecule has 1 heterocycles. The first kappa shape index (κ1) is 14.5. The van der Waals surface area contributed by atoms with Crippen LogP contribution < -0.4 is 5.32 Å². The molecule has 0 spiro atoms. The molecule has 3 heteroatoms. The lowest BCUT2D eigenvalue weighted by atomic mass is 10.1. The van der Waals surface area contributed by atoms with E-state index < -0.39 is 0 Å². The van der Waals surface area contributed by atoms with Gasteiger partial charge >= 0.3 is 0 Å². The first-order valence-electron chi connectivity index (χ1n) is 7.42. The van der Waals surface area contributed by atoms with Crippen LogP contribution in [0.25, 0.3) is 0 Å². The SMILES string of the molecule is CCCNC(CN1CCOC(C)C1)c1ccccc1. The molecule has 2 rings (SSSR count). The van der Waals surface area contributed by atoms with Crippen LogP contribution in [0.2, 0.25) is 0 Å². The first-order chi connectivity index (χ1) is 9.29. The maximum atomic E-state index is 5.61. The van der Waals surface area contributed by atoms with E-state index in [-0.39, 0.29) is 0 Å². The highest BCUT2D eigenvalue weighted by Crippen LogP contribution is 2.16. The lowest BCUT2D eigenvalue weighted by Gasteiger charge is -2.34. The Morgan fingerprint density at radius 3 is 2.84 bits per heavy atom.